The Kier molecular flexibility index (Phi) is 4.99. The number of hydrogen-bond acceptors (Lipinski definition) is 5. The molecule has 0 amide bonds. The van der Waals surface area contributed by atoms with Gasteiger partial charge in [-0.25, -0.2) is 9.48 Å². The van der Waals surface area contributed by atoms with E-state index < -0.39 is 10.9 Å². The summed E-state index contributed by atoms with van der Waals surface area (Å²) in [6.07, 6.45) is 0. The number of benzene rings is 2. The van der Waals surface area contributed by atoms with E-state index >= 15 is 0 Å². The molecule has 0 atom stereocenters. The van der Waals surface area contributed by atoms with Gasteiger partial charge < -0.3 is 4.74 Å². The molecule has 1 aromatic heterocycles. The van der Waals surface area contributed by atoms with Crippen molar-refractivity contribution >= 4 is 23.3 Å². The highest BCUT2D eigenvalue weighted by Gasteiger charge is 2.23. The van der Waals surface area contributed by atoms with Crippen LogP contribution >= 0.6 is 11.6 Å². The Hall–Kier alpha value is -3.19. The van der Waals surface area contributed by atoms with E-state index in [0.717, 1.165) is 0 Å². The van der Waals surface area contributed by atoms with Crippen LogP contribution in [0.4, 0.5) is 5.69 Å². The van der Waals surface area contributed by atoms with Gasteiger partial charge in [0.15, 0.2) is 0 Å². The molecule has 0 aliphatic rings. The van der Waals surface area contributed by atoms with Gasteiger partial charge in [-0.2, -0.15) is 5.10 Å². The highest BCUT2D eigenvalue weighted by molar-refractivity contribution is 6.33. The Morgan fingerprint density at radius 1 is 1.19 bits per heavy atom. The summed E-state index contributed by atoms with van der Waals surface area (Å²) < 4.78 is 6.68. The van der Waals surface area contributed by atoms with E-state index in [1.165, 1.54) is 16.8 Å². The molecular weight excluding hydrogens is 358 g/mol. The Morgan fingerprint density at radius 3 is 2.54 bits per heavy atom. The smallest absolute Gasteiger partial charge is 0.343 e. The van der Waals surface area contributed by atoms with Crippen molar-refractivity contribution in [3.8, 4) is 5.69 Å². The average molecular weight is 372 g/mol. The summed E-state index contributed by atoms with van der Waals surface area (Å²) in [4.78, 5) is 23.0. The number of carbonyl (C=O) groups is 1. The van der Waals surface area contributed by atoms with Gasteiger partial charge in [-0.15, -0.1) is 0 Å². The summed E-state index contributed by atoms with van der Waals surface area (Å²) in [6.45, 7) is 1.41. The van der Waals surface area contributed by atoms with Crippen LogP contribution in [0.15, 0.2) is 54.6 Å². The molecule has 0 N–H and O–H groups in total. The van der Waals surface area contributed by atoms with Gasteiger partial charge >= 0.3 is 5.97 Å². The molecule has 0 bridgehead atoms. The highest BCUT2D eigenvalue weighted by Crippen LogP contribution is 2.25. The van der Waals surface area contributed by atoms with Crippen molar-refractivity contribution in [2.75, 3.05) is 0 Å². The van der Waals surface area contributed by atoms with Gasteiger partial charge in [0, 0.05) is 6.07 Å². The lowest BCUT2D eigenvalue weighted by Gasteiger charge is -2.06. The quantitative estimate of drug-likeness (QED) is 0.383. The van der Waals surface area contributed by atoms with Crippen molar-refractivity contribution < 1.29 is 14.5 Å². The molecule has 0 saturated heterocycles. The molecule has 0 aliphatic carbocycles. The molecule has 26 heavy (non-hydrogen) atoms. The van der Waals surface area contributed by atoms with E-state index in [0.29, 0.717) is 16.9 Å². The second kappa shape index (κ2) is 7.37. The number of nitro benzene ring substituents is 1. The van der Waals surface area contributed by atoms with Crippen molar-refractivity contribution in [1.82, 2.24) is 9.78 Å². The normalized spacial score (nSPS) is 10.5. The Bertz CT molecular complexity index is 970. The van der Waals surface area contributed by atoms with Crippen LogP contribution in [0.25, 0.3) is 5.69 Å². The summed E-state index contributed by atoms with van der Waals surface area (Å²) in [5, 5.41) is 15.4. The standard InChI is InChI=1S/C18H14ClN3O4/c1-12-16(17(19)21(20-12)14-8-3-2-4-9-14)18(23)26-11-13-7-5-6-10-15(13)22(24)25/h2-10H,11H2,1H3. The lowest BCUT2D eigenvalue weighted by Crippen LogP contribution is -2.08. The summed E-state index contributed by atoms with van der Waals surface area (Å²) in [7, 11) is 0. The summed E-state index contributed by atoms with van der Waals surface area (Å²) in [5.41, 5.74) is 1.44. The van der Waals surface area contributed by atoms with E-state index in [1.54, 1.807) is 31.2 Å². The topological polar surface area (TPSA) is 87.3 Å². The minimum absolute atomic E-state index is 0.108. The van der Waals surface area contributed by atoms with Crippen molar-refractivity contribution in [3.05, 3.63) is 86.7 Å². The molecular formula is C18H14ClN3O4. The maximum atomic E-state index is 12.5. The number of esters is 1. The van der Waals surface area contributed by atoms with Crippen LogP contribution in [-0.4, -0.2) is 20.7 Å². The number of carbonyl (C=O) groups excluding carboxylic acids is 1. The zero-order valence-electron chi connectivity index (χ0n) is 13.8. The number of nitrogens with zero attached hydrogens (tertiary/aromatic N) is 3. The largest absolute Gasteiger partial charge is 0.457 e. The minimum Gasteiger partial charge on any atom is -0.457 e. The number of aryl methyl sites for hydroxylation is 1. The molecule has 7 nitrogen and oxygen atoms in total. The van der Waals surface area contributed by atoms with Crippen molar-refractivity contribution in [3.63, 3.8) is 0 Å². The number of hydrogen-bond donors (Lipinski definition) is 0. The number of nitro groups is 1. The van der Waals surface area contributed by atoms with E-state index in [4.69, 9.17) is 16.3 Å². The van der Waals surface area contributed by atoms with Crippen molar-refractivity contribution in [2.24, 2.45) is 0 Å². The molecule has 0 saturated carbocycles. The maximum Gasteiger partial charge on any atom is 0.343 e. The summed E-state index contributed by atoms with van der Waals surface area (Å²) in [5.74, 6) is -0.687. The first kappa shape index (κ1) is 17.6. The fourth-order valence-electron chi connectivity index (χ4n) is 2.50. The predicted molar refractivity (Wildman–Crippen MR) is 95.5 cm³/mol. The van der Waals surface area contributed by atoms with Crippen LogP contribution in [0.2, 0.25) is 5.15 Å². The van der Waals surface area contributed by atoms with Crippen molar-refractivity contribution in [1.29, 1.82) is 0 Å². The third-order valence-corrected chi connectivity index (χ3v) is 4.11. The van der Waals surface area contributed by atoms with Gasteiger partial charge in [-0.1, -0.05) is 41.9 Å². The molecule has 0 fully saturated rings. The molecule has 132 valence electrons. The second-order valence-electron chi connectivity index (χ2n) is 5.46. The van der Waals surface area contributed by atoms with E-state index in [9.17, 15) is 14.9 Å². The maximum absolute atomic E-state index is 12.5. The predicted octanol–water partition coefficient (Wildman–Crippen LogP) is 4.10. The van der Waals surface area contributed by atoms with Crippen LogP contribution in [0, 0.1) is 17.0 Å². The number of ether oxygens (including phenoxy) is 1. The molecule has 8 heteroatoms. The van der Waals surface area contributed by atoms with Crippen LogP contribution in [0.3, 0.4) is 0 Å². The van der Waals surface area contributed by atoms with Gasteiger partial charge in [-0.05, 0) is 25.1 Å². The summed E-state index contributed by atoms with van der Waals surface area (Å²) >= 11 is 6.31. The number of halogens is 1. The number of aromatic nitrogens is 2. The molecule has 0 spiro atoms. The molecule has 0 unspecified atom stereocenters. The monoisotopic (exact) mass is 371 g/mol. The van der Waals surface area contributed by atoms with Gasteiger partial charge in [-0.3, -0.25) is 10.1 Å². The van der Waals surface area contributed by atoms with E-state index in [2.05, 4.69) is 5.10 Å². The first-order chi connectivity index (χ1) is 12.5. The fraction of sp³-hybridized carbons (Fsp3) is 0.111. The Balaban J connectivity index is 1.84. The fourth-order valence-corrected chi connectivity index (χ4v) is 2.85. The lowest BCUT2D eigenvalue weighted by atomic mass is 10.2. The molecule has 3 rings (SSSR count). The van der Waals surface area contributed by atoms with Gasteiger partial charge in [0.1, 0.15) is 17.3 Å². The molecule has 1 heterocycles. The van der Waals surface area contributed by atoms with Crippen LogP contribution in [0.5, 0.6) is 0 Å². The molecule has 2 aromatic carbocycles. The van der Waals surface area contributed by atoms with Crippen molar-refractivity contribution in [2.45, 2.75) is 13.5 Å². The Morgan fingerprint density at radius 2 is 1.85 bits per heavy atom. The Labute approximate surface area is 153 Å². The van der Waals surface area contributed by atoms with Gasteiger partial charge in [0.05, 0.1) is 21.9 Å². The molecule has 0 radical (unpaired) electrons. The van der Waals surface area contributed by atoms with Crippen LogP contribution < -0.4 is 0 Å². The number of rotatable bonds is 5. The minimum atomic E-state index is -0.687. The SMILES string of the molecule is Cc1nn(-c2ccccc2)c(Cl)c1C(=O)OCc1ccccc1[N+](=O)[O-]. The van der Waals surface area contributed by atoms with E-state index in [1.807, 2.05) is 18.2 Å². The zero-order valence-corrected chi connectivity index (χ0v) is 14.5. The van der Waals surface area contributed by atoms with Crippen LogP contribution in [-0.2, 0) is 11.3 Å². The average Bonchev–Trinajstić information content (AvgIpc) is 2.95. The summed E-state index contributed by atoms with van der Waals surface area (Å²) in [6, 6.07) is 15.2. The third kappa shape index (κ3) is 3.43. The first-order valence-corrected chi connectivity index (χ1v) is 8.07. The van der Waals surface area contributed by atoms with Gasteiger partial charge in [0.25, 0.3) is 5.69 Å². The van der Waals surface area contributed by atoms with Gasteiger partial charge in [0.2, 0.25) is 0 Å². The zero-order chi connectivity index (χ0) is 18.7. The number of para-hydroxylation sites is 2. The second-order valence-corrected chi connectivity index (χ2v) is 5.82. The third-order valence-electron chi connectivity index (χ3n) is 3.76. The highest BCUT2D eigenvalue weighted by atomic mass is 35.5. The molecule has 3 aromatic rings. The van der Waals surface area contributed by atoms with E-state index in [-0.39, 0.29) is 23.0 Å². The lowest BCUT2D eigenvalue weighted by molar-refractivity contribution is -0.385. The molecule has 0 aliphatic heterocycles. The van der Waals surface area contributed by atoms with Crippen LogP contribution in [0.1, 0.15) is 21.6 Å². The first-order valence-electron chi connectivity index (χ1n) is 7.69.